The van der Waals surface area contributed by atoms with E-state index >= 15 is 0 Å². The van der Waals surface area contributed by atoms with Gasteiger partial charge in [0.25, 0.3) is 5.91 Å². The van der Waals surface area contributed by atoms with Crippen molar-refractivity contribution in [2.24, 2.45) is 0 Å². The van der Waals surface area contributed by atoms with Crippen molar-refractivity contribution in [1.29, 1.82) is 0 Å². The van der Waals surface area contributed by atoms with E-state index in [9.17, 15) is 4.79 Å². The molecule has 0 saturated carbocycles. The van der Waals surface area contributed by atoms with Gasteiger partial charge in [0, 0.05) is 17.0 Å². The van der Waals surface area contributed by atoms with Gasteiger partial charge in [0.15, 0.2) is 11.6 Å². The molecule has 5 nitrogen and oxygen atoms in total. The maximum atomic E-state index is 12.1. The Bertz CT molecular complexity index is 755. The summed E-state index contributed by atoms with van der Waals surface area (Å²) in [6, 6.07) is 9.18. The number of anilines is 1. The molecular formula is C14H12N2O3. The Morgan fingerprint density at radius 1 is 1.26 bits per heavy atom. The topological polar surface area (TPSA) is 68.3 Å². The fourth-order valence-electron chi connectivity index (χ4n) is 1.99. The molecule has 2 heterocycles. The lowest BCUT2D eigenvalue weighted by molar-refractivity contribution is 0.0997. The Balaban J connectivity index is 1.95. The molecule has 0 saturated heterocycles. The number of hydrogen-bond donors (Lipinski definition) is 1. The molecule has 3 aromatic rings. The first-order chi connectivity index (χ1) is 9.15. The van der Waals surface area contributed by atoms with E-state index in [0.29, 0.717) is 22.9 Å². The molecule has 0 aliphatic heterocycles. The minimum atomic E-state index is -0.331. The van der Waals surface area contributed by atoms with E-state index in [1.165, 1.54) is 0 Å². The molecule has 0 bridgehead atoms. The number of benzene rings is 1. The molecule has 0 atom stereocenters. The molecule has 96 valence electrons. The zero-order valence-corrected chi connectivity index (χ0v) is 10.6. The lowest BCUT2D eigenvalue weighted by Crippen LogP contribution is -2.12. The first-order valence-corrected chi connectivity index (χ1v) is 5.88. The quantitative estimate of drug-likeness (QED) is 0.763. The van der Waals surface area contributed by atoms with E-state index in [1.54, 1.807) is 13.0 Å². The number of nitrogens with zero attached hydrogens (tertiary/aromatic N) is 1. The van der Waals surface area contributed by atoms with Gasteiger partial charge in [0.1, 0.15) is 11.3 Å². The first kappa shape index (κ1) is 11.5. The number of rotatable bonds is 2. The number of fused-ring (bicyclic) bond motifs is 1. The van der Waals surface area contributed by atoms with Crippen LogP contribution in [-0.4, -0.2) is 11.1 Å². The average molecular weight is 256 g/mol. The van der Waals surface area contributed by atoms with Crippen molar-refractivity contribution in [3.05, 3.63) is 47.4 Å². The molecule has 2 aromatic heterocycles. The molecule has 0 spiro atoms. The van der Waals surface area contributed by atoms with Crippen LogP contribution in [0.1, 0.15) is 21.9 Å². The average Bonchev–Trinajstić information content (AvgIpc) is 2.94. The third-order valence-corrected chi connectivity index (χ3v) is 2.92. The molecule has 19 heavy (non-hydrogen) atoms. The monoisotopic (exact) mass is 256 g/mol. The highest BCUT2D eigenvalue weighted by atomic mass is 16.5. The second kappa shape index (κ2) is 4.28. The van der Waals surface area contributed by atoms with Crippen LogP contribution in [0.2, 0.25) is 0 Å². The zero-order valence-electron chi connectivity index (χ0n) is 10.6. The summed E-state index contributed by atoms with van der Waals surface area (Å²) in [5, 5.41) is 7.29. The van der Waals surface area contributed by atoms with Crippen molar-refractivity contribution in [1.82, 2.24) is 5.16 Å². The Morgan fingerprint density at radius 2 is 2.05 bits per heavy atom. The Labute approximate surface area is 109 Å². The number of para-hydroxylation sites is 1. The number of carbonyl (C=O) groups excluding carboxylic acids is 1. The molecule has 1 aromatic carbocycles. The van der Waals surface area contributed by atoms with E-state index in [1.807, 2.05) is 31.2 Å². The van der Waals surface area contributed by atoms with Gasteiger partial charge in [-0.05, 0) is 19.9 Å². The van der Waals surface area contributed by atoms with Crippen LogP contribution >= 0.6 is 0 Å². The summed E-state index contributed by atoms with van der Waals surface area (Å²) in [5.41, 5.74) is 1.51. The number of furan rings is 1. The van der Waals surface area contributed by atoms with Crippen LogP contribution in [0, 0.1) is 13.8 Å². The number of nitrogens with one attached hydrogen (secondary N) is 1. The number of amides is 1. The first-order valence-electron chi connectivity index (χ1n) is 5.88. The predicted molar refractivity (Wildman–Crippen MR) is 70.1 cm³/mol. The third-order valence-electron chi connectivity index (χ3n) is 2.92. The van der Waals surface area contributed by atoms with Gasteiger partial charge in [-0.3, -0.25) is 4.79 Å². The maximum absolute atomic E-state index is 12.1. The third kappa shape index (κ3) is 1.99. The van der Waals surface area contributed by atoms with Gasteiger partial charge in [-0.25, -0.2) is 0 Å². The van der Waals surface area contributed by atoms with Crippen molar-refractivity contribution < 1.29 is 13.7 Å². The Kier molecular flexibility index (Phi) is 2.59. The number of aryl methyl sites for hydroxylation is 2. The fraction of sp³-hybridized carbons (Fsp3) is 0.143. The molecule has 0 aliphatic rings. The summed E-state index contributed by atoms with van der Waals surface area (Å²) < 4.78 is 10.5. The lowest BCUT2D eigenvalue weighted by Gasteiger charge is -1.98. The standard InChI is InChI=1S/C14H12N2O3/c1-8-7-12(16-19-8)15-14(17)13-9(2)10-5-3-4-6-11(10)18-13/h3-7H,1-2H3,(H,15,16,17). The SMILES string of the molecule is Cc1cc(NC(=O)c2oc3ccccc3c2C)no1. The van der Waals surface area contributed by atoms with Crippen LogP contribution in [0.15, 0.2) is 39.3 Å². The van der Waals surface area contributed by atoms with Gasteiger partial charge >= 0.3 is 0 Å². The minimum absolute atomic E-state index is 0.293. The summed E-state index contributed by atoms with van der Waals surface area (Å²) in [7, 11) is 0. The van der Waals surface area contributed by atoms with Crippen LogP contribution < -0.4 is 5.32 Å². The van der Waals surface area contributed by atoms with Crippen molar-refractivity contribution >= 4 is 22.7 Å². The summed E-state index contributed by atoms with van der Waals surface area (Å²) in [6.45, 7) is 3.61. The van der Waals surface area contributed by atoms with Crippen LogP contribution in [-0.2, 0) is 0 Å². The van der Waals surface area contributed by atoms with Crippen LogP contribution in [0.4, 0.5) is 5.82 Å². The molecule has 0 aliphatic carbocycles. The van der Waals surface area contributed by atoms with Crippen LogP contribution in [0.5, 0.6) is 0 Å². The molecule has 1 N–H and O–H groups in total. The largest absolute Gasteiger partial charge is 0.451 e. The van der Waals surface area contributed by atoms with Crippen LogP contribution in [0.3, 0.4) is 0 Å². The highest BCUT2D eigenvalue weighted by Crippen LogP contribution is 2.25. The molecule has 1 amide bonds. The van der Waals surface area contributed by atoms with Gasteiger partial charge in [-0.2, -0.15) is 0 Å². The van der Waals surface area contributed by atoms with Crippen molar-refractivity contribution in [2.45, 2.75) is 13.8 Å². The fourth-order valence-corrected chi connectivity index (χ4v) is 1.99. The van der Waals surface area contributed by atoms with Gasteiger partial charge in [0.05, 0.1) is 0 Å². The zero-order chi connectivity index (χ0) is 13.4. The van der Waals surface area contributed by atoms with Crippen LogP contribution in [0.25, 0.3) is 11.0 Å². The summed E-state index contributed by atoms with van der Waals surface area (Å²) in [6.07, 6.45) is 0. The second-order valence-corrected chi connectivity index (χ2v) is 4.33. The lowest BCUT2D eigenvalue weighted by atomic mass is 10.1. The highest BCUT2D eigenvalue weighted by molar-refractivity contribution is 6.05. The number of aromatic nitrogens is 1. The van der Waals surface area contributed by atoms with Gasteiger partial charge < -0.3 is 14.3 Å². The molecule has 0 fully saturated rings. The van der Waals surface area contributed by atoms with E-state index in [0.717, 1.165) is 10.9 Å². The molecule has 0 unspecified atom stereocenters. The summed E-state index contributed by atoms with van der Waals surface area (Å²) >= 11 is 0. The highest BCUT2D eigenvalue weighted by Gasteiger charge is 2.18. The molecular weight excluding hydrogens is 244 g/mol. The van der Waals surface area contributed by atoms with E-state index in [4.69, 9.17) is 8.94 Å². The molecule has 3 rings (SSSR count). The number of hydrogen-bond acceptors (Lipinski definition) is 4. The van der Waals surface area contributed by atoms with E-state index in [-0.39, 0.29) is 5.91 Å². The normalized spacial score (nSPS) is 10.8. The van der Waals surface area contributed by atoms with E-state index < -0.39 is 0 Å². The molecule has 0 radical (unpaired) electrons. The minimum Gasteiger partial charge on any atom is -0.451 e. The van der Waals surface area contributed by atoms with Gasteiger partial charge in [0.2, 0.25) is 0 Å². The van der Waals surface area contributed by atoms with Crippen molar-refractivity contribution in [3.8, 4) is 0 Å². The summed E-state index contributed by atoms with van der Waals surface area (Å²) in [4.78, 5) is 12.1. The number of carbonyl (C=O) groups is 1. The van der Waals surface area contributed by atoms with E-state index in [2.05, 4.69) is 10.5 Å². The maximum Gasteiger partial charge on any atom is 0.292 e. The van der Waals surface area contributed by atoms with Crippen molar-refractivity contribution in [2.75, 3.05) is 5.32 Å². The smallest absolute Gasteiger partial charge is 0.292 e. The van der Waals surface area contributed by atoms with Gasteiger partial charge in [-0.15, -0.1) is 0 Å². The van der Waals surface area contributed by atoms with Crippen molar-refractivity contribution in [3.63, 3.8) is 0 Å². The molecule has 5 heteroatoms. The second-order valence-electron chi connectivity index (χ2n) is 4.33. The Hall–Kier alpha value is -2.56. The summed E-state index contributed by atoms with van der Waals surface area (Å²) in [5.74, 6) is 0.975. The predicted octanol–water partition coefficient (Wildman–Crippen LogP) is 3.29. The Morgan fingerprint density at radius 3 is 2.74 bits per heavy atom. The van der Waals surface area contributed by atoms with Gasteiger partial charge in [-0.1, -0.05) is 23.4 Å².